The summed E-state index contributed by atoms with van der Waals surface area (Å²) in [5.74, 6) is -6.22. The molecule has 6 N–H and O–H groups in total. The number of phenolic OH excluding ortho intramolecular Hbond substituents is 1. The van der Waals surface area contributed by atoms with Gasteiger partial charge in [-0.3, -0.25) is 14.4 Å². The zero-order chi connectivity index (χ0) is 25.4. The minimum atomic E-state index is -2.59. The molecule has 3 atom stereocenters. The van der Waals surface area contributed by atoms with Gasteiger partial charge in [0.05, 0.1) is 17.4 Å². The van der Waals surface area contributed by atoms with Crippen molar-refractivity contribution in [2.75, 3.05) is 19.0 Å². The van der Waals surface area contributed by atoms with Crippen molar-refractivity contribution >= 4 is 28.9 Å². The fourth-order valence-electron chi connectivity index (χ4n) is 5.69. The van der Waals surface area contributed by atoms with Crippen molar-refractivity contribution < 1.29 is 39.2 Å². The maximum atomic E-state index is 13.6. The van der Waals surface area contributed by atoms with Gasteiger partial charge in [-0.25, -0.2) is 0 Å². The van der Waals surface area contributed by atoms with Gasteiger partial charge in [0, 0.05) is 37.7 Å². The number of primary amides is 1. The first-order valence-corrected chi connectivity index (χ1v) is 11.1. The van der Waals surface area contributed by atoms with Crippen molar-refractivity contribution in [1.29, 1.82) is 0 Å². The van der Waals surface area contributed by atoms with Gasteiger partial charge in [0.25, 0.3) is 5.91 Å². The number of benzene rings is 1. The van der Waals surface area contributed by atoms with Crippen LogP contribution in [0.15, 0.2) is 45.8 Å². The highest BCUT2D eigenvalue weighted by Gasteiger charge is 2.60. The minimum absolute atomic E-state index is 0.0229. The van der Waals surface area contributed by atoms with E-state index in [0.29, 0.717) is 22.6 Å². The molecule has 0 saturated heterocycles. The van der Waals surface area contributed by atoms with E-state index in [0.717, 1.165) is 0 Å². The highest BCUT2D eigenvalue weighted by molar-refractivity contribution is 6.22. The molecule has 3 aliphatic carbocycles. The van der Waals surface area contributed by atoms with Gasteiger partial charge in [0.15, 0.2) is 11.4 Å². The van der Waals surface area contributed by atoms with Crippen LogP contribution >= 0.6 is 0 Å². The molecule has 0 unspecified atom stereocenters. The molecule has 1 heterocycles. The second-order valence-corrected chi connectivity index (χ2v) is 9.42. The van der Waals surface area contributed by atoms with Crippen LogP contribution in [0, 0.1) is 11.8 Å². The van der Waals surface area contributed by atoms with Gasteiger partial charge in [-0.1, -0.05) is 0 Å². The normalized spacial score (nSPS) is 25.8. The molecular formula is C25H24N2O8. The third-order valence-electron chi connectivity index (χ3n) is 7.31. The average molecular weight is 480 g/mol. The first-order chi connectivity index (χ1) is 16.5. The molecule has 3 aliphatic rings. The Labute approximate surface area is 199 Å². The fourth-order valence-corrected chi connectivity index (χ4v) is 5.69. The lowest BCUT2D eigenvalue weighted by molar-refractivity contribution is -0.147. The van der Waals surface area contributed by atoms with Gasteiger partial charge in [-0.15, -0.1) is 0 Å². The van der Waals surface area contributed by atoms with Crippen molar-refractivity contribution in [2.45, 2.75) is 24.9 Å². The number of rotatable bonds is 3. The minimum Gasteiger partial charge on any atom is -0.508 e. The Morgan fingerprint density at radius 1 is 1.20 bits per heavy atom. The molecule has 0 radical (unpaired) electrons. The summed E-state index contributed by atoms with van der Waals surface area (Å²) in [4.78, 5) is 39.7. The standard InChI is InChI=1S/C25H24N2O8/c1-27(2)14-9-13(16-4-3-5-35-16)20(29)18-12(14)7-10-6-11-8-15(28)19(24(26)33)23(32)25(11,34)22(31)17(10)21(18)30/h3-5,9-11,29-30,32,34H,6-8H2,1-2H3,(H2,26,33)/t10-,11+,25+/m1/s1. The van der Waals surface area contributed by atoms with Crippen LogP contribution in [-0.4, -0.2) is 57.6 Å². The third kappa shape index (κ3) is 2.96. The largest absolute Gasteiger partial charge is 0.508 e. The molecule has 0 aliphatic heterocycles. The summed E-state index contributed by atoms with van der Waals surface area (Å²) in [6.45, 7) is 0. The number of hydrogen-bond donors (Lipinski definition) is 5. The molecule has 2 aromatic rings. The molecule has 182 valence electrons. The van der Waals surface area contributed by atoms with Crippen LogP contribution in [0.2, 0.25) is 0 Å². The Morgan fingerprint density at radius 3 is 2.51 bits per heavy atom. The number of hydrogen-bond acceptors (Lipinski definition) is 9. The van der Waals surface area contributed by atoms with E-state index in [4.69, 9.17) is 10.2 Å². The second kappa shape index (κ2) is 7.47. The first kappa shape index (κ1) is 22.7. The van der Waals surface area contributed by atoms with Crippen molar-refractivity contribution in [1.82, 2.24) is 0 Å². The molecule has 1 fully saturated rings. The van der Waals surface area contributed by atoms with Crippen molar-refractivity contribution in [2.24, 2.45) is 17.6 Å². The molecule has 35 heavy (non-hydrogen) atoms. The van der Waals surface area contributed by atoms with Crippen molar-refractivity contribution in [3.05, 3.63) is 52.5 Å². The van der Waals surface area contributed by atoms with Gasteiger partial charge >= 0.3 is 0 Å². The van der Waals surface area contributed by atoms with E-state index in [1.165, 1.54) is 6.26 Å². The Kier molecular flexibility index (Phi) is 4.85. The zero-order valence-electron chi connectivity index (χ0n) is 19.0. The van der Waals surface area contributed by atoms with Gasteiger partial charge in [0.1, 0.15) is 28.6 Å². The monoisotopic (exact) mass is 480 g/mol. The highest BCUT2D eigenvalue weighted by atomic mass is 16.3. The SMILES string of the molecule is CN(C)c1cc(-c2ccco2)c(O)c2c1C[C@H]1C[C@H]3CC(=O)C(C(N)=O)=C(O)[C@@]3(O)C(=O)C1=C2O. The number of aromatic hydroxyl groups is 1. The number of Topliss-reactive ketones (excluding diaryl/α,β-unsaturated/α-hetero) is 2. The van der Waals surface area contributed by atoms with Crippen LogP contribution in [0.4, 0.5) is 5.69 Å². The second-order valence-electron chi connectivity index (χ2n) is 9.42. The van der Waals surface area contributed by atoms with Crippen LogP contribution in [0.3, 0.4) is 0 Å². The number of ketones is 2. The van der Waals surface area contributed by atoms with Crippen molar-refractivity contribution in [3.8, 4) is 17.1 Å². The smallest absolute Gasteiger partial charge is 0.255 e. The van der Waals surface area contributed by atoms with Crippen molar-refractivity contribution in [3.63, 3.8) is 0 Å². The van der Waals surface area contributed by atoms with E-state index in [1.54, 1.807) is 32.3 Å². The number of fused-ring (bicyclic) bond motifs is 3. The molecule has 1 aromatic heterocycles. The van der Waals surface area contributed by atoms with Gasteiger partial charge in [-0.05, 0) is 42.5 Å². The number of phenols is 1. The predicted molar refractivity (Wildman–Crippen MR) is 123 cm³/mol. The maximum absolute atomic E-state index is 13.6. The Hall–Kier alpha value is -4.05. The van der Waals surface area contributed by atoms with Crippen LogP contribution in [0.25, 0.3) is 17.1 Å². The number of carbonyl (C=O) groups is 3. The molecule has 1 saturated carbocycles. The van der Waals surface area contributed by atoms with Gasteiger partial charge in [0.2, 0.25) is 5.78 Å². The summed E-state index contributed by atoms with van der Waals surface area (Å²) in [5.41, 5.74) is 3.22. The molecule has 1 amide bonds. The van der Waals surface area contributed by atoms with Crippen LogP contribution in [0.1, 0.15) is 24.0 Å². The van der Waals surface area contributed by atoms with E-state index in [2.05, 4.69) is 0 Å². The molecule has 0 spiro atoms. The van der Waals surface area contributed by atoms with E-state index in [1.807, 2.05) is 4.90 Å². The van der Waals surface area contributed by atoms with Gasteiger partial charge in [-0.2, -0.15) is 0 Å². The van der Waals surface area contributed by atoms with E-state index >= 15 is 0 Å². The Morgan fingerprint density at radius 2 is 1.91 bits per heavy atom. The molecule has 1 aromatic carbocycles. The summed E-state index contributed by atoms with van der Waals surface area (Å²) in [6, 6.07) is 5.02. The number of furan rings is 1. The number of nitrogens with two attached hydrogens (primary N) is 1. The predicted octanol–water partition coefficient (Wildman–Crippen LogP) is 1.75. The third-order valence-corrected chi connectivity index (χ3v) is 7.31. The van der Waals surface area contributed by atoms with E-state index < -0.39 is 52.0 Å². The number of nitrogens with zero attached hydrogens (tertiary/aromatic N) is 1. The maximum Gasteiger partial charge on any atom is 0.255 e. The van der Waals surface area contributed by atoms with E-state index in [9.17, 15) is 34.8 Å². The fraction of sp³-hybridized carbons (Fsp3) is 0.320. The van der Waals surface area contributed by atoms with Crippen LogP contribution < -0.4 is 10.6 Å². The molecule has 5 rings (SSSR count). The summed E-state index contributed by atoms with van der Waals surface area (Å²) in [5, 5.41) is 44.5. The Bertz CT molecular complexity index is 1370. The van der Waals surface area contributed by atoms with E-state index in [-0.39, 0.29) is 36.1 Å². The molecule has 10 nitrogen and oxygen atoms in total. The Balaban J connectivity index is 1.75. The molecule has 0 bridgehead atoms. The number of carbonyl (C=O) groups excluding carboxylic acids is 3. The lowest BCUT2D eigenvalue weighted by Crippen LogP contribution is -2.58. The topological polar surface area (TPSA) is 175 Å². The summed E-state index contributed by atoms with van der Waals surface area (Å²) in [6.07, 6.45) is 1.39. The lowest BCUT2D eigenvalue weighted by Gasteiger charge is -2.46. The van der Waals surface area contributed by atoms with Crippen LogP contribution in [0.5, 0.6) is 5.75 Å². The summed E-state index contributed by atoms with van der Waals surface area (Å²) in [7, 11) is 3.60. The van der Waals surface area contributed by atoms with Gasteiger partial charge < -0.3 is 35.5 Å². The molecule has 10 heteroatoms. The molecular weight excluding hydrogens is 456 g/mol. The van der Waals surface area contributed by atoms with Crippen LogP contribution in [-0.2, 0) is 20.8 Å². The number of anilines is 1. The lowest BCUT2D eigenvalue weighted by atomic mass is 9.59. The summed E-state index contributed by atoms with van der Waals surface area (Å²) < 4.78 is 5.44. The number of aliphatic hydroxyl groups excluding tert-OH is 2. The summed E-state index contributed by atoms with van der Waals surface area (Å²) >= 11 is 0. The number of aliphatic hydroxyl groups is 3. The average Bonchev–Trinajstić information content (AvgIpc) is 3.30. The number of amides is 1. The quantitative estimate of drug-likeness (QED) is 0.410. The highest BCUT2D eigenvalue weighted by Crippen LogP contribution is 2.54. The zero-order valence-corrected chi connectivity index (χ0v) is 19.0. The first-order valence-electron chi connectivity index (χ1n) is 11.1.